The Kier molecular flexibility index (Phi) is 5.88. The number of carbonyl (C=O) groups is 3. The molecule has 3 rings (SSSR count). The second-order valence-corrected chi connectivity index (χ2v) is 5.62. The predicted octanol–water partition coefficient (Wildman–Crippen LogP) is 2.33. The fraction of sp³-hybridized carbons (Fsp3) is 0.211. The van der Waals surface area contributed by atoms with Crippen molar-refractivity contribution >= 4 is 29.3 Å². The van der Waals surface area contributed by atoms with E-state index in [1.165, 1.54) is 0 Å². The molecule has 1 heterocycles. The standard InChI is InChI=1S/C19H18N2O6/c22-17(21-10-11-25-19(21)24)12-27-18(23)13-26-16-8-6-15(7-9-16)20-14-4-2-1-3-5-14/h1-9,20H,10-13H2. The van der Waals surface area contributed by atoms with Crippen molar-refractivity contribution in [1.82, 2.24) is 4.90 Å². The lowest BCUT2D eigenvalue weighted by Crippen LogP contribution is -2.35. The quantitative estimate of drug-likeness (QED) is 0.748. The van der Waals surface area contributed by atoms with Gasteiger partial charge in [0.1, 0.15) is 12.4 Å². The minimum absolute atomic E-state index is 0.150. The van der Waals surface area contributed by atoms with E-state index < -0.39 is 24.6 Å². The Hall–Kier alpha value is -3.55. The summed E-state index contributed by atoms with van der Waals surface area (Å²) in [5.74, 6) is -0.843. The normalized spacial score (nSPS) is 13.0. The molecule has 0 saturated carbocycles. The minimum Gasteiger partial charge on any atom is -0.482 e. The second-order valence-electron chi connectivity index (χ2n) is 5.62. The Morgan fingerprint density at radius 2 is 1.70 bits per heavy atom. The minimum atomic E-state index is -0.725. The highest BCUT2D eigenvalue weighted by atomic mass is 16.6. The summed E-state index contributed by atoms with van der Waals surface area (Å²) >= 11 is 0. The molecule has 0 aliphatic carbocycles. The van der Waals surface area contributed by atoms with Gasteiger partial charge in [-0.1, -0.05) is 18.2 Å². The van der Waals surface area contributed by atoms with Crippen LogP contribution in [0.1, 0.15) is 0 Å². The van der Waals surface area contributed by atoms with Crippen LogP contribution in [0.3, 0.4) is 0 Å². The molecule has 0 atom stereocenters. The highest BCUT2D eigenvalue weighted by molar-refractivity contribution is 5.94. The molecule has 2 aromatic rings. The van der Waals surface area contributed by atoms with Gasteiger partial charge >= 0.3 is 12.1 Å². The molecule has 0 aromatic heterocycles. The van der Waals surface area contributed by atoms with Gasteiger partial charge in [0, 0.05) is 11.4 Å². The molecule has 0 radical (unpaired) electrons. The van der Waals surface area contributed by atoms with Crippen molar-refractivity contribution in [2.75, 3.05) is 31.7 Å². The summed E-state index contributed by atoms with van der Waals surface area (Å²) in [4.78, 5) is 35.5. The van der Waals surface area contributed by atoms with E-state index in [0.29, 0.717) is 5.75 Å². The Labute approximate surface area is 155 Å². The number of nitrogens with one attached hydrogen (secondary N) is 1. The first-order chi connectivity index (χ1) is 13.1. The van der Waals surface area contributed by atoms with Crippen LogP contribution < -0.4 is 10.1 Å². The number of hydrogen-bond donors (Lipinski definition) is 1. The van der Waals surface area contributed by atoms with Crippen molar-refractivity contribution in [3.05, 3.63) is 54.6 Å². The van der Waals surface area contributed by atoms with Crippen molar-refractivity contribution < 1.29 is 28.6 Å². The number of para-hydroxylation sites is 1. The molecular weight excluding hydrogens is 352 g/mol. The van der Waals surface area contributed by atoms with Crippen LogP contribution in [-0.4, -0.2) is 49.2 Å². The van der Waals surface area contributed by atoms with E-state index in [2.05, 4.69) is 10.1 Å². The van der Waals surface area contributed by atoms with Gasteiger partial charge in [-0.3, -0.25) is 4.79 Å². The fourth-order valence-electron chi connectivity index (χ4n) is 2.35. The van der Waals surface area contributed by atoms with E-state index in [0.717, 1.165) is 16.3 Å². The first-order valence-electron chi connectivity index (χ1n) is 8.29. The smallest absolute Gasteiger partial charge is 0.416 e. The molecule has 2 amide bonds. The molecule has 0 spiro atoms. The van der Waals surface area contributed by atoms with Gasteiger partial charge in [-0.05, 0) is 36.4 Å². The van der Waals surface area contributed by atoms with Crippen molar-refractivity contribution in [2.24, 2.45) is 0 Å². The van der Waals surface area contributed by atoms with Gasteiger partial charge in [0.25, 0.3) is 5.91 Å². The largest absolute Gasteiger partial charge is 0.482 e. The van der Waals surface area contributed by atoms with E-state index >= 15 is 0 Å². The number of ether oxygens (including phenoxy) is 3. The second kappa shape index (κ2) is 8.70. The summed E-state index contributed by atoms with van der Waals surface area (Å²) in [6.45, 7) is -0.563. The zero-order valence-electron chi connectivity index (χ0n) is 14.4. The van der Waals surface area contributed by atoms with Gasteiger partial charge < -0.3 is 19.5 Å². The maximum Gasteiger partial charge on any atom is 0.416 e. The van der Waals surface area contributed by atoms with E-state index in [-0.39, 0.29) is 19.8 Å². The van der Waals surface area contributed by atoms with Gasteiger partial charge in [0.15, 0.2) is 13.2 Å². The molecule has 1 aliphatic heterocycles. The van der Waals surface area contributed by atoms with Gasteiger partial charge in [0.2, 0.25) is 0 Å². The third kappa shape index (κ3) is 5.21. The van der Waals surface area contributed by atoms with Crippen LogP contribution in [0.15, 0.2) is 54.6 Å². The lowest BCUT2D eigenvalue weighted by Gasteiger charge is -2.11. The van der Waals surface area contributed by atoms with Crippen molar-refractivity contribution in [2.45, 2.75) is 0 Å². The van der Waals surface area contributed by atoms with Crippen LogP contribution >= 0.6 is 0 Å². The average Bonchev–Trinajstić information content (AvgIpc) is 3.12. The number of anilines is 2. The number of imide groups is 1. The number of nitrogens with zero attached hydrogens (tertiary/aromatic N) is 1. The molecule has 1 aliphatic rings. The number of carbonyl (C=O) groups excluding carboxylic acids is 3. The lowest BCUT2D eigenvalue weighted by molar-refractivity contribution is -0.152. The monoisotopic (exact) mass is 370 g/mol. The van der Waals surface area contributed by atoms with E-state index in [1.54, 1.807) is 12.1 Å². The van der Waals surface area contributed by atoms with Crippen LogP contribution in [0.4, 0.5) is 16.2 Å². The molecular formula is C19H18N2O6. The summed E-state index contributed by atoms with van der Waals surface area (Å²) in [5.41, 5.74) is 1.83. The molecule has 2 aromatic carbocycles. The van der Waals surface area contributed by atoms with Crippen LogP contribution in [0.2, 0.25) is 0 Å². The lowest BCUT2D eigenvalue weighted by atomic mass is 10.2. The van der Waals surface area contributed by atoms with Crippen LogP contribution in [-0.2, 0) is 19.1 Å². The zero-order chi connectivity index (χ0) is 19.1. The summed E-state index contributed by atoms with van der Waals surface area (Å²) in [5, 5.41) is 3.23. The van der Waals surface area contributed by atoms with Crippen molar-refractivity contribution in [1.29, 1.82) is 0 Å². The molecule has 27 heavy (non-hydrogen) atoms. The zero-order valence-corrected chi connectivity index (χ0v) is 14.4. The van der Waals surface area contributed by atoms with Crippen LogP contribution in [0.5, 0.6) is 5.75 Å². The molecule has 1 saturated heterocycles. The van der Waals surface area contributed by atoms with E-state index in [4.69, 9.17) is 9.47 Å². The Bertz CT molecular complexity index is 807. The summed E-state index contributed by atoms with van der Waals surface area (Å²) in [7, 11) is 0. The molecule has 1 N–H and O–H groups in total. The summed E-state index contributed by atoms with van der Waals surface area (Å²) in [6.07, 6.45) is -0.725. The Morgan fingerprint density at radius 3 is 2.37 bits per heavy atom. The number of benzene rings is 2. The number of cyclic esters (lactones) is 1. The van der Waals surface area contributed by atoms with Crippen molar-refractivity contribution in [3.8, 4) is 5.75 Å². The molecule has 8 heteroatoms. The molecule has 8 nitrogen and oxygen atoms in total. The molecule has 0 unspecified atom stereocenters. The molecule has 140 valence electrons. The fourth-order valence-corrected chi connectivity index (χ4v) is 2.35. The van der Waals surface area contributed by atoms with E-state index in [1.807, 2.05) is 42.5 Å². The first kappa shape index (κ1) is 18.2. The maximum absolute atomic E-state index is 11.7. The van der Waals surface area contributed by atoms with Gasteiger partial charge in [-0.15, -0.1) is 0 Å². The third-order valence-electron chi connectivity index (χ3n) is 3.69. The molecule has 0 bridgehead atoms. The highest BCUT2D eigenvalue weighted by Crippen LogP contribution is 2.19. The highest BCUT2D eigenvalue weighted by Gasteiger charge is 2.28. The Morgan fingerprint density at radius 1 is 1.00 bits per heavy atom. The van der Waals surface area contributed by atoms with Gasteiger partial charge in [0.05, 0.1) is 6.54 Å². The first-order valence-corrected chi connectivity index (χ1v) is 8.29. The summed E-state index contributed by atoms with van der Waals surface area (Å²) < 4.78 is 14.8. The number of rotatable bonds is 7. The van der Waals surface area contributed by atoms with Crippen molar-refractivity contribution in [3.63, 3.8) is 0 Å². The average molecular weight is 370 g/mol. The summed E-state index contributed by atoms with van der Waals surface area (Å²) in [6, 6.07) is 16.8. The number of hydrogen-bond acceptors (Lipinski definition) is 7. The van der Waals surface area contributed by atoms with Gasteiger partial charge in [-0.25, -0.2) is 14.5 Å². The van der Waals surface area contributed by atoms with Gasteiger partial charge in [-0.2, -0.15) is 0 Å². The maximum atomic E-state index is 11.7. The number of amides is 2. The number of esters is 1. The predicted molar refractivity (Wildman–Crippen MR) is 95.7 cm³/mol. The van der Waals surface area contributed by atoms with Crippen LogP contribution in [0.25, 0.3) is 0 Å². The molecule has 1 fully saturated rings. The Balaban J connectivity index is 1.41. The third-order valence-corrected chi connectivity index (χ3v) is 3.69. The SMILES string of the molecule is O=C(COc1ccc(Nc2ccccc2)cc1)OCC(=O)N1CCOC1=O. The van der Waals surface area contributed by atoms with Crippen LogP contribution in [0, 0.1) is 0 Å². The van der Waals surface area contributed by atoms with E-state index in [9.17, 15) is 14.4 Å². The topological polar surface area (TPSA) is 94.2 Å².